The molecule has 2 rings (SSSR count). The van der Waals surface area contributed by atoms with Gasteiger partial charge in [0.05, 0.1) is 6.42 Å². The number of hydrogen-bond acceptors (Lipinski definition) is 5. The van der Waals surface area contributed by atoms with E-state index in [0.717, 1.165) is 16.0 Å². The highest BCUT2D eigenvalue weighted by atomic mass is 16.6. The standard InChI is InChI=1S/C29H32N4O5/c1-8-20-13-15-21(16-14-20)25(26(35)32-24-18(3)11-10-12-19(24)4)33(9-2)27(36)22(17-23(30)34)31-28(37)38-29(5,6)7/h1-2,10-16,22,25H,17H2,3-7H3,(H2,30,34)(H,31,37)(H,32,35). The molecule has 0 aliphatic carbocycles. The van der Waals surface area contributed by atoms with Crippen LogP contribution in [0.4, 0.5) is 10.5 Å². The molecular weight excluding hydrogens is 484 g/mol. The third kappa shape index (κ3) is 7.87. The summed E-state index contributed by atoms with van der Waals surface area (Å²) >= 11 is 0. The third-order valence-corrected chi connectivity index (χ3v) is 5.40. The Hall–Kier alpha value is -4.76. The van der Waals surface area contributed by atoms with Crippen LogP contribution in [-0.4, -0.2) is 40.4 Å². The summed E-state index contributed by atoms with van der Waals surface area (Å²) in [7, 11) is 0. The molecule has 0 bridgehead atoms. The lowest BCUT2D eigenvalue weighted by atomic mass is 10.0. The number of nitrogens with zero attached hydrogens (tertiary/aromatic N) is 1. The van der Waals surface area contributed by atoms with Crippen molar-refractivity contribution in [1.82, 2.24) is 10.2 Å². The summed E-state index contributed by atoms with van der Waals surface area (Å²) in [6.07, 6.45) is 9.68. The average Bonchev–Trinajstić information content (AvgIpc) is 2.82. The van der Waals surface area contributed by atoms with Crippen molar-refractivity contribution in [3.8, 4) is 24.8 Å². The van der Waals surface area contributed by atoms with Crippen LogP contribution in [0, 0.1) is 38.7 Å². The van der Waals surface area contributed by atoms with E-state index in [1.807, 2.05) is 32.0 Å². The third-order valence-electron chi connectivity index (χ3n) is 5.40. The number of benzene rings is 2. The quantitative estimate of drug-likeness (QED) is 0.367. The first-order chi connectivity index (χ1) is 17.8. The minimum absolute atomic E-state index is 0.356. The molecule has 2 aromatic rings. The molecule has 0 fully saturated rings. The van der Waals surface area contributed by atoms with Gasteiger partial charge in [0.25, 0.3) is 11.8 Å². The smallest absolute Gasteiger partial charge is 0.408 e. The summed E-state index contributed by atoms with van der Waals surface area (Å²) < 4.78 is 5.21. The van der Waals surface area contributed by atoms with Crippen molar-refractivity contribution in [2.45, 2.75) is 58.7 Å². The first kappa shape index (κ1) is 29.5. The van der Waals surface area contributed by atoms with Gasteiger partial charge in [0, 0.05) is 17.3 Å². The summed E-state index contributed by atoms with van der Waals surface area (Å²) in [4.78, 5) is 52.3. The molecule has 0 spiro atoms. The van der Waals surface area contributed by atoms with E-state index in [0.29, 0.717) is 16.8 Å². The number of anilines is 1. The van der Waals surface area contributed by atoms with Crippen molar-refractivity contribution < 1.29 is 23.9 Å². The van der Waals surface area contributed by atoms with Crippen molar-refractivity contribution in [3.05, 3.63) is 64.7 Å². The molecule has 9 nitrogen and oxygen atoms in total. The second kappa shape index (κ2) is 12.5. The molecule has 0 radical (unpaired) electrons. The lowest BCUT2D eigenvalue weighted by molar-refractivity contribution is -0.138. The maximum atomic E-state index is 13.7. The van der Waals surface area contributed by atoms with Crippen molar-refractivity contribution in [2.24, 2.45) is 5.73 Å². The number of nitrogens with one attached hydrogen (secondary N) is 2. The predicted molar refractivity (Wildman–Crippen MR) is 144 cm³/mol. The van der Waals surface area contributed by atoms with Gasteiger partial charge in [-0.2, -0.15) is 0 Å². The topological polar surface area (TPSA) is 131 Å². The van der Waals surface area contributed by atoms with E-state index in [1.54, 1.807) is 45.0 Å². The fraction of sp³-hybridized carbons (Fsp3) is 0.310. The number of carbonyl (C=O) groups is 4. The van der Waals surface area contributed by atoms with Crippen LogP contribution in [-0.2, 0) is 19.1 Å². The van der Waals surface area contributed by atoms with Crippen molar-refractivity contribution in [2.75, 3.05) is 5.32 Å². The Labute approximate surface area is 223 Å². The highest BCUT2D eigenvalue weighted by Crippen LogP contribution is 2.27. The molecule has 0 aliphatic heterocycles. The molecule has 0 saturated carbocycles. The summed E-state index contributed by atoms with van der Waals surface area (Å²) in [5.41, 5.74) is 7.54. The van der Waals surface area contributed by atoms with E-state index in [4.69, 9.17) is 23.3 Å². The van der Waals surface area contributed by atoms with Crippen LogP contribution >= 0.6 is 0 Å². The number of carbonyl (C=O) groups excluding carboxylic acids is 4. The van der Waals surface area contributed by atoms with Crippen LogP contribution in [0.25, 0.3) is 0 Å². The van der Waals surface area contributed by atoms with E-state index < -0.39 is 47.9 Å². The van der Waals surface area contributed by atoms with Crippen molar-refractivity contribution >= 4 is 29.5 Å². The van der Waals surface area contributed by atoms with Gasteiger partial charge < -0.3 is 21.1 Å². The van der Waals surface area contributed by atoms with Crippen molar-refractivity contribution in [1.29, 1.82) is 0 Å². The number of terminal acetylenes is 2. The number of aryl methyl sites for hydroxylation is 2. The average molecular weight is 517 g/mol. The van der Waals surface area contributed by atoms with Gasteiger partial charge in [0.2, 0.25) is 5.91 Å². The van der Waals surface area contributed by atoms with E-state index in [2.05, 4.69) is 22.6 Å². The molecule has 2 unspecified atom stereocenters. The van der Waals surface area contributed by atoms with E-state index in [1.165, 1.54) is 0 Å². The lowest BCUT2D eigenvalue weighted by Crippen LogP contribution is -2.52. The highest BCUT2D eigenvalue weighted by molar-refractivity contribution is 6.01. The van der Waals surface area contributed by atoms with Crippen LogP contribution in [0.1, 0.15) is 55.5 Å². The zero-order chi connectivity index (χ0) is 28.6. The van der Waals surface area contributed by atoms with Crippen molar-refractivity contribution in [3.63, 3.8) is 0 Å². The fourth-order valence-electron chi connectivity index (χ4n) is 3.67. The monoisotopic (exact) mass is 516 g/mol. The maximum absolute atomic E-state index is 13.7. The van der Waals surface area contributed by atoms with Gasteiger partial charge in [0.1, 0.15) is 17.7 Å². The molecule has 4 N–H and O–H groups in total. The molecule has 0 aliphatic rings. The van der Waals surface area contributed by atoms with Gasteiger partial charge >= 0.3 is 6.09 Å². The molecule has 198 valence electrons. The number of nitrogens with two attached hydrogens (primary N) is 1. The Balaban J connectivity index is 2.53. The summed E-state index contributed by atoms with van der Waals surface area (Å²) in [6.45, 7) is 8.57. The molecule has 0 saturated heterocycles. The van der Waals surface area contributed by atoms with Crippen LogP contribution in [0.5, 0.6) is 0 Å². The Morgan fingerprint density at radius 3 is 2.08 bits per heavy atom. The first-order valence-corrected chi connectivity index (χ1v) is 11.8. The van der Waals surface area contributed by atoms with E-state index >= 15 is 0 Å². The number of para-hydroxylation sites is 1. The number of amides is 4. The van der Waals surface area contributed by atoms with Gasteiger partial charge in [-0.15, -0.1) is 6.42 Å². The van der Waals surface area contributed by atoms with Gasteiger partial charge in [0.15, 0.2) is 0 Å². The van der Waals surface area contributed by atoms with Gasteiger partial charge in [-0.1, -0.05) is 42.7 Å². The molecule has 2 atom stereocenters. The zero-order valence-electron chi connectivity index (χ0n) is 22.1. The zero-order valence-corrected chi connectivity index (χ0v) is 22.1. The number of primary amides is 1. The van der Waals surface area contributed by atoms with Gasteiger partial charge in [-0.25, -0.2) is 4.79 Å². The summed E-state index contributed by atoms with van der Waals surface area (Å²) in [6, 6.07) is 11.3. The van der Waals surface area contributed by atoms with Gasteiger partial charge in [-0.3, -0.25) is 19.3 Å². The normalized spacial score (nSPS) is 12.2. The summed E-state index contributed by atoms with van der Waals surface area (Å²) in [5, 5.41) is 5.20. The molecule has 4 amide bonds. The molecule has 2 aromatic carbocycles. The minimum atomic E-state index is -1.49. The Kier molecular flexibility index (Phi) is 9.67. The second-order valence-corrected chi connectivity index (χ2v) is 9.63. The second-order valence-electron chi connectivity index (χ2n) is 9.63. The van der Waals surface area contributed by atoms with Crippen LogP contribution in [0.15, 0.2) is 42.5 Å². The summed E-state index contributed by atoms with van der Waals surface area (Å²) in [5.74, 6) is 0.103. The molecule has 0 heterocycles. The first-order valence-electron chi connectivity index (χ1n) is 11.8. The highest BCUT2D eigenvalue weighted by Gasteiger charge is 2.37. The van der Waals surface area contributed by atoms with E-state index in [-0.39, 0.29) is 0 Å². The Bertz CT molecular complexity index is 1280. The van der Waals surface area contributed by atoms with E-state index in [9.17, 15) is 19.2 Å². The number of ether oxygens (including phenoxy) is 1. The Morgan fingerprint density at radius 2 is 1.61 bits per heavy atom. The van der Waals surface area contributed by atoms with Crippen LogP contribution in [0.2, 0.25) is 0 Å². The maximum Gasteiger partial charge on any atom is 0.408 e. The van der Waals surface area contributed by atoms with Gasteiger partial charge in [-0.05, 0) is 63.4 Å². The number of alkyl carbamates (subject to hydrolysis) is 1. The molecule has 38 heavy (non-hydrogen) atoms. The fourth-order valence-corrected chi connectivity index (χ4v) is 3.67. The van der Waals surface area contributed by atoms with Crippen LogP contribution in [0.3, 0.4) is 0 Å². The Morgan fingerprint density at radius 1 is 1.03 bits per heavy atom. The number of hydrogen-bond donors (Lipinski definition) is 3. The minimum Gasteiger partial charge on any atom is -0.444 e. The lowest BCUT2D eigenvalue weighted by Gasteiger charge is -2.30. The predicted octanol–water partition coefficient (Wildman–Crippen LogP) is 3.15. The number of rotatable bonds is 8. The largest absolute Gasteiger partial charge is 0.444 e. The molecule has 9 heteroatoms. The van der Waals surface area contributed by atoms with Crippen LogP contribution < -0.4 is 16.4 Å². The molecular formula is C29H32N4O5. The molecule has 0 aromatic heterocycles. The SMILES string of the molecule is C#Cc1ccc(C(C(=O)Nc2c(C)cccc2C)N(C#C)C(=O)C(CC(N)=O)NC(=O)OC(C)(C)C)cc1.